The Hall–Kier alpha value is -2.82. The summed E-state index contributed by atoms with van der Waals surface area (Å²) in [5, 5.41) is 2.81. The summed E-state index contributed by atoms with van der Waals surface area (Å²) >= 11 is 0. The number of hydrogen-bond acceptors (Lipinski definition) is 3. The van der Waals surface area contributed by atoms with E-state index >= 15 is 0 Å². The van der Waals surface area contributed by atoms with E-state index < -0.39 is 0 Å². The van der Waals surface area contributed by atoms with Crippen LogP contribution < -0.4 is 15.0 Å². The molecule has 0 unspecified atom stereocenters. The van der Waals surface area contributed by atoms with Crippen molar-refractivity contribution in [1.82, 2.24) is 0 Å². The molecule has 0 fully saturated rings. The topological polar surface area (TPSA) is 58.6 Å². The van der Waals surface area contributed by atoms with Gasteiger partial charge in [0.15, 0.2) is 0 Å². The number of hydrogen-bond donors (Lipinski definition) is 1. The van der Waals surface area contributed by atoms with Crippen LogP contribution in [0.15, 0.2) is 54.6 Å². The van der Waals surface area contributed by atoms with Crippen molar-refractivity contribution in [1.29, 1.82) is 0 Å². The van der Waals surface area contributed by atoms with Gasteiger partial charge in [0.25, 0.3) is 0 Å². The lowest BCUT2D eigenvalue weighted by atomic mass is 10.2. The molecule has 0 saturated heterocycles. The molecule has 0 aliphatic rings. The maximum atomic E-state index is 12.0. The highest BCUT2D eigenvalue weighted by Crippen LogP contribution is 2.21. The minimum absolute atomic E-state index is 0.120. The summed E-state index contributed by atoms with van der Waals surface area (Å²) in [6.07, 6.45) is 0.214. The lowest BCUT2D eigenvalue weighted by Crippen LogP contribution is -2.31. The fraction of sp³-hybridized carbons (Fsp3) is 0.222. The van der Waals surface area contributed by atoms with Crippen LogP contribution in [0.3, 0.4) is 0 Å². The summed E-state index contributed by atoms with van der Waals surface area (Å²) in [5.74, 6) is 0.415. The Morgan fingerprint density at radius 3 is 2.48 bits per heavy atom. The van der Waals surface area contributed by atoms with E-state index in [1.807, 2.05) is 48.5 Å². The summed E-state index contributed by atoms with van der Waals surface area (Å²) in [7, 11) is 1.57. The van der Waals surface area contributed by atoms with Gasteiger partial charge in [0, 0.05) is 37.3 Å². The largest absolute Gasteiger partial charge is 0.497 e. The van der Waals surface area contributed by atoms with Crippen LogP contribution in [0.1, 0.15) is 13.3 Å². The van der Waals surface area contributed by atoms with Crippen LogP contribution in [-0.4, -0.2) is 25.5 Å². The van der Waals surface area contributed by atoms with E-state index in [0.29, 0.717) is 18.0 Å². The third-order valence-corrected chi connectivity index (χ3v) is 3.37. The number of carbonyl (C=O) groups excluding carboxylic acids is 2. The number of rotatable bonds is 6. The summed E-state index contributed by atoms with van der Waals surface area (Å²) in [4.78, 5) is 25.5. The Bertz CT molecular complexity index is 671. The second-order valence-corrected chi connectivity index (χ2v) is 5.04. The van der Waals surface area contributed by atoms with Crippen molar-refractivity contribution in [3.05, 3.63) is 54.6 Å². The minimum Gasteiger partial charge on any atom is -0.497 e. The van der Waals surface area contributed by atoms with Crippen molar-refractivity contribution < 1.29 is 14.3 Å². The van der Waals surface area contributed by atoms with Gasteiger partial charge in [-0.3, -0.25) is 9.59 Å². The molecule has 0 aromatic heterocycles. The van der Waals surface area contributed by atoms with Crippen LogP contribution in [0, 0.1) is 0 Å². The molecule has 0 bridgehead atoms. The van der Waals surface area contributed by atoms with Crippen LogP contribution in [0.5, 0.6) is 5.75 Å². The van der Waals surface area contributed by atoms with Gasteiger partial charge in [0.05, 0.1) is 7.11 Å². The third kappa shape index (κ3) is 4.85. The average Bonchev–Trinajstić information content (AvgIpc) is 2.56. The van der Waals surface area contributed by atoms with E-state index in [-0.39, 0.29) is 18.2 Å². The first kappa shape index (κ1) is 16.5. The van der Waals surface area contributed by atoms with E-state index in [1.54, 1.807) is 18.1 Å². The Kier molecular flexibility index (Phi) is 5.74. The SMILES string of the molecule is COc1cccc(N(CCC(=O)Nc2ccccc2)C(C)=O)c1. The lowest BCUT2D eigenvalue weighted by molar-refractivity contribution is -0.117. The number of methoxy groups -OCH3 is 1. The quantitative estimate of drug-likeness (QED) is 0.892. The number of benzene rings is 2. The first-order valence-electron chi connectivity index (χ1n) is 7.37. The van der Waals surface area contributed by atoms with E-state index in [2.05, 4.69) is 5.32 Å². The van der Waals surface area contributed by atoms with Crippen molar-refractivity contribution in [3.8, 4) is 5.75 Å². The zero-order valence-electron chi connectivity index (χ0n) is 13.3. The number of para-hydroxylation sites is 1. The number of carbonyl (C=O) groups is 2. The van der Waals surface area contributed by atoms with Gasteiger partial charge in [-0.2, -0.15) is 0 Å². The van der Waals surface area contributed by atoms with Crippen molar-refractivity contribution in [2.24, 2.45) is 0 Å². The predicted molar refractivity (Wildman–Crippen MR) is 90.7 cm³/mol. The van der Waals surface area contributed by atoms with Gasteiger partial charge in [-0.25, -0.2) is 0 Å². The molecule has 0 atom stereocenters. The molecule has 0 radical (unpaired) electrons. The summed E-state index contributed by atoms with van der Waals surface area (Å²) < 4.78 is 5.17. The number of nitrogens with zero attached hydrogens (tertiary/aromatic N) is 1. The summed E-state index contributed by atoms with van der Waals surface area (Å²) in [6, 6.07) is 16.5. The van der Waals surface area contributed by atoms with Crippen LogP contribution in [0.4, 0.5) is 11.4 Å². The number of ether oxygens (including phenoxy) is 1. The van der Waals surface area contributed by atoms with Gasteiger partial charge in [-0.15, -0.1) is 0 Å². The normalized spacial score (nSPS) is 10.0. The van der Waals surface area contributed by atoms with Crippen molar-refractivity contribution in [3.63, 3.8) is 0 Å². The van der Waals surface area contributed by atoms with Crippen molar-refractivity contribution in [2.45, 2.75) is 13.3 Å². The number of nitrogens with one attached hydrogen (secondary N) is 1. The van der Waals surface area contributed by atoms with Crippen LogP contribution in [0.25, 0.3) is 0 Å². The smallest absolute Gasteiger partial charge is 0.226 e. The molecule has 0 spiro atoms. The van der Waals surface area contributed by atoms with Crippen molar-refractivity contribution in [2.75, 3.05) is 23.9 Å². The Morgan fingerprint density at radius 1 is 1.09 bits per heavy atom. The summed E-state index contributed by atoms with van der Waals surface area (Å²) in [6.45, 7) is 1.79. The third-order valence-electron chi connectivity index (χ3n) is 3.37. The van der Waals surface area contributed by atoms with Gasteiger partial charge < -0.3 is 15.0 Å². The highest BCUT2D eigenvalue weighted by molar-refractivity contribution is 5.94. The zero-order chi connectivity index (χ0) is 16.7. The zero-order valence-corrected chi connectivity index (χ0v) is 13.3. The molecule has 2 aromatic carbocycles. The first-order chi connectivity index (χ1) is 11.1. The average molecular weight is 312 g/mol. The van der Waals surface area contributed by atoms with Crippen molar-refractivity contribution >= 4 is 23.2 Å². The highest BCUT2D eigenvalue weighted by atomic mass is 16.5. The fourth-order valence-corrected chi connectivity index (χ4v) is 2.21. The molecule has 2 amide bonds. The van der Waals surface area contributed by atoms with Gasteiger partial charge in [-0.1, -0.05) is 24.3 Å². The number of anilines is 2. The molecule has 120 valence electrons. The molecule has 23 heavy (non-hydrogen) atoms. The monoisotopic (exact) mass is 312 g/mol. The fourth-order valence-electron chi connectivity index (χ4n) is 2.21. The van der Waals surface area contributed by atoms with Gasteiger partial charge in [0.2, 0.25) is 11.8 Å². The molecule has 0 aliphatic carbocycles. The second-order valence-electron chi connectivity index (χ2n) is 5.04. The van der Waals surface area contributed by atoms with Crippen LogP contribution >= 0.6 is 0 Å². The summed E-state index contributed by atoms with van der Waals surface area (Å²) in [5.41, 5.74) is 1.46. The first-order valence-corrected chi connectivity index (χ1v) is 7.37. The molecule has 1 N–H and O–H groups in total. The van der Waals surface area contributed by atoms with Gasteiger partial charge >= 0.3 is 0 Å². The van der Waals surface area contributed by atoms with Crippen LogP contribution in [-0.2, 0) is 9.59 Å². The standard InChI is InChI=1S/C18H20N2O3/c1-14(21)20(16-9-6-10-17(13-16)23-2)12-11-18(22)19-15-7-4-3-5-8-15/h3-10,13H,11-12H2,1-2H3,(H,19,22). The minimum atomic E-state index is -0.134. The molecular weight excluding hydrogens is 292 g/mol. The Labute approximate surface area is 135 Å². The molecule has 2 aromatic rings. The molecule has 0 saturated carbocycles. The molecular formula is C18H20N2O3. The molecule has 2 rings (SSSR count). The molecule has 5 heteroatoms. The van der Waals surface area contributed by atoms with E-state index in [0.717, 1.165) is 5.69 Å². The lowest BCUT2D eigenvalue weighted by Gasteiger charge is -2.21. The van der Waals surface area contributed by atoms with E-state index in [4.69, 9.17) is 4.74 Å². The van der Waals surface area contributed by atoms with Crippen LogP contribution in [0.2, 0.25) is 0 Å². The second kappa shape index (κ2) is 7.98. The number of amides is 2. The molecule has 0 heterocycles. The predicted octanol–water partition coefficient (Wildman–Crippen LogP) is 3.08. The molecule has 5 nitrogen and oxygen atoms in total. The van der Waals surface area contributed by atoms with E-state index in [1.165, 1.54) is 6.92 Å². The maximum absolute atomic E-state index is 12.0. The molecule has 0 aliphatic heterocycles. The highest BCUT2D eigenvalue weighted by Gasteiger charge is 2.14. The van der Waals surface area contributed by atoms with Gasteiger partial charge in [-0.05, 0) is 24.3 Å². The van der Waals surface area contributed by atoms with Gasteiger partial charge in [0.1, 0.15) is 5.75 Å². The Morgan fingerprint density at radius 2 is 1.83 bits per heavy atom. The maximum Gasteiger partial charge on any atom is 0.226 e. The van der Waals surface area contributed by atoms with E-state index in [9.17, 15) is 9.59 Å². The Balaban J connectivity index is 1.99.